The lowest BCUT2D eigenvalue weighted by Gasteiger charge is -2.11. The van der Waals surface area contributed by atoms with Crippen molar-refractivity contribution in [3.05, 3.63) is 35.4 Å². The SMILES string of the molecule is CC(C)Cc1ccc(CNCC2(N)CC2)cc1. The number of nitrogens with one attached hydrogen (secondary N) is 1. The average molecular weight is 232 g/mol. The first-order valence-electron chi connectivity index (χ1n) is 6.65. The Morgan fingerprint density at radius 3 is 2.29 bits per heavy atom. The van der Waals surface area contributed by atoms with Gasteiger partial charge in [0.25, 0.3) is 0 Å². The van der Waals surface area contributed by atoms with Crippen molar-refractivity contribution in [3.63, 3.8) is 0 Å². The van der Waals surface area contributed by atoms with Gasteiger partial charge in [0.1, 0.15) is 0 Å². The zero-order valence-electron chi connectivity index (χ0n) is 11.0. The molecule has 1 aromatic rings. The molecule has 0 spiro atoms. The molecule has 17 heavy (non-hydrogen) atoms. The monoisotopic (exact) mass is 232 g/mol. The molecule has 2 heteroatoms. The first kappa shape index (κ1) is 12.6. The van der Waals surface area contributed by atoms with E-state index in [1.165, 1.54) is 30.4 Å². The second-order valence-corrected chi connectivity index (χ2v) is 5.88. The van der Waals surface area contributed by atoms with Gasteiger partial charge in [-0.15, -0.1) is 0 Å². The second kappa shape index (κ2) is 5.19. The topological polar surface area (TPSA) is 38.0 Å². The minimum absolute atomic E-state index is 0.109. The van der Waals surface area contributed by atoms with Crippen LogP contribution in [0.4, 0.5) is 0 Å². The fraction of sp³-hybridized carbons (Fsp3) is 0.600. The third-order valence-electron chi connectivity index (χ3n) is 3.37. The number of hydrogen-bond donors (Lipinski definition) is 2. The largest absolute Gasteiger partial charge is 0.324 e. The highest BCUT2D eigenvalue weighted by Crippen LogP contribution is 2.31. The van der Waals surface area contributed by atoms with Crippen LogP contribution < -0.4 is 11.1 Å². The van der Waals surface area contributed by atoms with Crippen LogP contribution in [0, 0.1) is 5.92 Å². The van der Waals surface area contributed by atoms with E-state index >= 15 is 0 Å². The van der Waals surface area contributed by atoms with Crippen LogP contribution in [0.25, 0.3) is 0 Å². The van der Waals surface area contributed by atoms with Gasteiger partial charge in [0.15, 0.2) is 0 Å². The van der Waals surface area contributed by atoms with E-state index in [0.29, 0.717) is 0 Å². The first-order valence-corrected chi connectivity index (χ1v) is 6.65. The Kier molecular flexibility index (Phi) is 3.85. The fourth-order valence-corrected chi connectivity index (χ4v) is 2.06. The summed E-state index contributed by atoms with van der Waals surface area (Å²) in [7, 11) is 0. The van der Waals surface area contributed by atoms with Crippen LogP contribution in [0.3, 0.4) is 0 Å². The van der Waals surface area contributed by atoms with Crippen molar-refractivity contribution in [2.45, 2.75) is 45.2 Å². The van der Waals surface area contributed by atoms with E-state index in [1.54, 1.807) is 0 Å². The molecule has 0 amide bonds. The van der Waals surface area contributed by atoms with Crippen molar-refractivity contribution in [1.29, 1.82) is 0 Å². The summed E-state index contributed by atoms with van der Waals surface area (Å²) in [5.74, 6) is 0.728. The van der Waals surface area contributed by atoms with Gasteiger partial charge >= 0.3 is 0 Å². The fourth-order valence-electron chi connectivity index (χ4n) is 2.06. The second-order valence-electron chi connectivity index (χ2n) is 5.88. The van der Waals surface area contributed by atoms with Crippen molar-refractivity contribution >= 4 is 0 Å². The van der Waals surface area contributed by atoms with Crippen LogP contribution in [0.15, 0.2) is 24.3 Å². The molecule has 0 unspecified atom stereocenters. The maximum Gasteiger partial charge on any atom is 0.0282 e. The summed E-state index contributed by atoms with van der Waals surface area (Å²) < 4.78 is 0. The Labute approximate surface area is 105 Å². The van der Waals surface area contributed by atoms with E-state index in [-0.39, 0.29) is 5.54 Å². The van der Waals surface area contributed by atoms with Crippen LogP contribution in [0.1, 0.15) is 37.8 Å². The molecule has 3 N–H and O–H groups in total. The Morgan fingerprint density at radius 2 is 1.76 bits per heavy atom. The van der Waals surface area contributed by atoms with Gasteiger partial charge < -0.3 is 11.1 Å². The van der Waals surface area contributed by atoms with Crippen molar-refractivity contribution in [2.24, 2.45) is 11.7 Å². The van der Waals surface area contributed by atoms with Crippen LogP contribution in [-0.4, -0.2) is 12.1 Å². The molecule has 0 atom stereocenters. The van der Waals surface area contributed by atoms with E-state index in [9.17, 15) is 0 Å². The van der Waals surface area contributed by atoms with Gasteiger partial charge in [0.2, 0.25) is 0 Å². The predicted molar refractivity (Wildman–Crippen MR) is 72.8 cm³/mol. The Morgan fingerprint density at radius 1 is 1.18 bits per heavy atom. The van der Waals surface area contributed by atoms with Crippen molar-refractivity contribution in [1.82, 2.24) is 5.32 Å². The molecule has 0 aliphatic heterocycles. The molecule has 1 saturated carbocycles. The lowest BCUT2D eigenvalue weighted by molar-refractivity contribution is 0.569. The minimum atomic E-state index is 0.109. The highest BCUT2D eigenvalue weighted by molar-refractivity contribution is 5.22. The zero-order chi connectivity index (χ0) is 12.3. The average Bonchev–Trinajstić information content (AvgIpc) is 2.99. The maximum absolute atomic E-state index is 6.03. The van der Waals surface area contributed by atoms with Crippen molar-refractivity contribution < 1.29 is 0 Å². The summed E-state index contributed by atoms with van der Waals surface area (Å²) in [5, 5.41) is 3.44. The third kappa shape index (κ3) is 4.14. The number of hydrogen-bond acceptors (Lipinski definition) is 2. The van der Waals surface area contributed by atoms with E-state index in [4.69, 9.17) is 5.73 Å². The summed E-state index contributed by atoms with van der Waals surface area (Å²) in [6.07, 6.45) is 3.51. The highest BCUT2D eigenvalue weighted by Gasteiger charge is 2.37. The molecule has 2 nitrogen and oxygen atoms in total. The maximum atomic E-state index is 6.03. The molecule has 0 saturated heterocycles. The van der Waals surface area contributed by atoms with Gasteiger partial charge in [0.05, 0.1) is 0 Å². The molecule has 1 aliphatic carbocycles. The first-order chi connectivity index (χ1) is 8.07. The predicted octanol–water partition coefficient (Wildman–Crippen LogP) is 2.47. The molecule has 0 heterocycles. The quantitative estimate of drug-likeness (QED) is 0.790. The summed E-state index contributed by atoms with van der Waals surface area (Å²) in [4.78, 5) is 0. The highest BCUT2D eigenvalue weighted by atomic mass is 15.0. The Balaban J connectivity index is 1.77. The van der Waals surface area contributed by atoms with Crippen LogP contribution >= 0.6 is 0 Å². The molecule has 94 valence electrons. The van der Waals surface area contributed by atoms with E-state index in [1.807, 2.05) is 0 Å². The molecular formula is C15H24N2. The van der Waals surface area contributed by atoms with E-state index in [2.05, 4.69) is 43.4 Å². The molecule has 1 aromatic carbocycles. The molecule has 1 fully saturated rings. The molecule has 1 aliphatic rings. The van der Waals surface area contributed by atoms with Gasteiger partial charge in [-0.25, -0.2) is 0 Å². The molecule has 2 rings (SSSR count). The summed E-state index contributed by atoms with van der Waals surface area (Å²) in [6, 6.07) is 8.93. The van der Waals surface area contributed by atoms with Gasteiger partial charge in [-0.05, 0) is 36.3 Å². The van der Waals surface area contributed by atoms with Gasteiger partial charge in [-0.2, -0.15) is 0 Å². The van der Waals surface area contributed by atoms with Gasteiger partial charge in [-0.1, -0.05) is 38.1 Å². The lowest BCUT2D eigenvalue weighted by atomic mass is 10.0. The number of nitrogens with two attached hydrogens (primary N) is 1. The summed E-state index contributed by atoms with van der Waals surface area (Å²) in [5.41, 5.74) is 8.92. The van der Waals surface area contributed by atoms with Crippen molar-refractivity contribution in [2.75, 3.05) is 6.54 Å². The van der Waals surface area contributed by atoms with Crippen LogP contribution in [-0.2, 0) is 13.0 Å². The van der Waals surface area contributed by atoms with Crippen molar-refractivity contribution in [3.8, 4) is 0 Å². The third-order valence-corrected chi connectivity index (χ3v) is 3.37. The minimum Gasteiger partial charge on any atom is -0.324 e. The van der Waals surface area contributed by atoms with Gasteiger partial charge in [-0.3, -0.25) is 0 Å². The van der Waals surface area contributed by atoms with Crippen LogP contribution in [0.2, 0.25) is 0 Å². The Bertz CT molecular complexity index is 350. The smallest absolute Gasteiger partial charge is 0.0282 e. The number of rotatable bonds is 6. The van der Waals surface area contributed by atoms with Gasteiger partial charge in [0, 0.05) is 18.6 Å². The zero-order valence-corrected chi connectivity index (χ0v) is 11.0. The molecule has 0 aromatic heterocycles. The van der Waals surface area contributed by atoms with E-state index < -0.39 is 0 Å². The summed E-state index contributed by atoms with van der Waals surface area (Å²) >= 11 is 0. The molecule has 0 radical (unpaired) electrons. The molecule has 0 bridgehead atoms. The standard InChI is InChI=1S/C15H24N2/c1-12(2)9-13-3-5-14(6-4-13)10-17-11-15(16)7-8-15/h3-6,12,17H,7-11,16H2,1-2H3. The normalized spacial score (nSPS) is 17.4. The Hall–Kier alpha value is -0.860. The number of benzene rings is 1. The van der Waals surface area contributed by atoms with E-state index in [0.717, 1.165) is 19.0 Å². The lowest BCUT2D eigenvalue weighted by Crippen LogP contribution is -2.35. The van der Waals surface area contributed by atoms with Crippen LogP contribution in [0.5, 0.6) is 0 Å². The summed E-state index contributed by atoms with van der Waals surface area (Å²) in [6.45, 7) is 6.39. The molecular weight excluding hydrogens is 208 g/mol.